The predicted octanol–water partition coefficient (Wildman–Crippen LogP) is 3.00. The van der Waals surface area contributed by atoms with Gasteiger partial charge in [0.05, 0.1) is 0 Å². The molecule has 1 heterocycles. The van der Waals surface area contributed by atoms with E-state index >= 15 is 0 Å². The molecule has 0 atom stereocenters. The Kier molecular flexibility index (Phi) is 4.39. The van der Waals surface area contributed by atoms with Crippen molar-refractivity contribution in [3.8, 4) is 0 Å². The van der Waals surface area contributed by atoms with Gasteiger partial charge in [-0.3, -0.25) is 0 Å². The third-order valence-corrected chi connectivity index (χ3v) is 3.97. The maximum absolute atomic E-state index is 5.71. The number of aryl methyl sites for hydroxylation is 1. The molecule has 0 aliphatic heterocycles. The number of nitrogen functional groups attached to an aromatic ring is 1. The van der Waals surface area contributed by atoms with Crippen LogP contribution in [0.1, 0.15) is 44.9 Å². The number of hydrogen-bond donors (Lipinski definition) is 2. The Balaban J connectivity index is 1.81. The van der Waals surface area contributed by atoms with Gasteiger partial charge in [0.15, 0.2) is 0 Å². The number of anilines is 2. The highest BCUT2D eigenvalue weighted by atomic mass is 15.0. The zero-order chi connectivity index (χ0) is 13.0. The quantitative estimate of drug-likeness (QED) is 0.859. The molecular weight excluding hydrogens is 224 g/mol. The first-order chi connectivity index (χ1) is 8.67. The fourth-order valence-electron chi connectivity index (χ4n) is 2.77. The van der Waals surface area contributed by atoms with Crippen molar-refractivity contribution >= 4 is 11.6 Å². The van der Waals surface area contributed by atoms with Crippen molar-refractivity contribution < 1.29 is 0 Å². The van der Waals surface area contributed by atoms with Crippen molar-refractivity contribution in [3.05, 3.63) is 11.9 Å². The Morgan fingerprint density at radius 2 is 1.89 bits per heavy atom. The van der Waals surface area contributed by atoms with E-state index in [1.54, 1.807) is 0 Å². The molecule has 0 unspecified atom stereocenters. The molecule has 100 valence electrons. The zero-order valence-corrected chi connectivity index (χ0v) is 11.4. The molecule has 1 aromatic rings. The van der Waals surface area contributed by atoms with E-state index in [-0.39, 0.29) is 0 Å². The molecule has 2 rings (SSSR count). The number of hydrogen-bond acceptors (Lipinski definition) is 4. The van der Waals surface area contributed by atoms with Gasteiger partial charge in [-0.05, 0) is 31.6 Å². The molecule has 0 spiro atoms. The van der Waals surface area contributed by atoms with E-state index in [0.29, 0.717) is 5.82 Å². The van der Waals surface area contributed by atoms with Crippen LogP contribution in [0.15, 0.2) is 6.07 Å². The maximum Gasteiger partial charge on any atom is 0.131 e. The topological polar surface area (TPSA) is 63.8 Å². The van der Waals surface area contributed by atoms with Gasteiger partial charge < -0.3 is 11.1 Å². The molecule has 0 bridgehead atoms. The number of nitrogens with two attached hydrogens (primary N) is 1. The lowest BCUT2D eigenvalue weighted by Gasteiger charge is -2.28. The van der Waals surface area contributed by atoms with Gasteiger partial charge >= 0.3 is 0 Å². The highest BCUT2D eigenvalue weighted by Gasteiger charge is 2.19. The maximum atomic E-state index is 5.71. The van der Waals surface area contributed by atoms with Crippen LogP contribution in [0.4, 0.5) is 11.6 Å². The first kappa shape index (κ1) is 13.1. The minimum absolute atomic E-state index is 0.541. The van der Waals surface area contributed by atoms with Crippen LogP contribution in [0.5, 0.6) is 0 Å². The minimum atomic E-state index is 0.541. The average molecular weight is 248 g/mol. The van der Waals surface area contributed by atoms with Gasteiger partial charge in [-0.1, -0.05) is 26.2 Å². The number of nitrogens with zero attached hydrogens (tertiary/aromatic N) is 2. The third-order valence-electron chi connectivity index (χ3n) is 3.97. The van der Waals surface area contributed by atoms with Crippen LogP contribution in [0, 0.1) is 18.8 Å². The Morgan fingerprint density at radius 1 is 1.22 bits per heavy atom. The molecule has 0 radical (unpaired) electrons. The Labute approximate surface area is 109 Å². The van der Waals surface area contributed by atoms with Gasteiger partial charge in [0.2, 0.25) is 0 Å². The van der Waals surface area contributed by atoms with Crippen LogP contribution in [-0.4, -0.2) is 16.5 Å². The molecule has 0 saturated heterocycles. The average Bonchev–Trinajstić information content (AvgIpc) is 2.36. The standard InChI is InChI=1S/C14H24N4/c1-3-11-4-6-12(7-5-11)9-16-14-8-13(15)17-10(2)18-14/h8,11-12H,3-7,9H2,1-2H3,(H3,15,16,17,18). The van der Waals surface area contributed by atoms with Crippen LogP contribution in [0.25, 0.3) is 0 Å². The molecule has 4 nitrogen and oxygen atoms in total. The van der Waals surface area contributed by atoms with Gasteiger partial charge in [0.25, 0.3) is 0 Å². The Morgan fingerprint density at radius 3 is 2.50 bits per heavy atom. The summed E-state index contributed by atoms with van der Waals surface area (Å²) in [6.07, 6.45) is 6.78. The fraction of sp³-hybridized carbons (Fsp3) is 0.714. The van der Waals surface area contributed by atoms with E-state index < -0.39 is 0 Å². The first-order valence-electron chi connectivity index (χ1n) is 7.02. The van der Waals surface area contributed by atoms with Crippen LogP contribution < -0.4 is 11.1 Å². The molecule has 1 fully saturated rings. The summed E-state index contributed by atoms with van der Waals surface area (Å²) in [5.41, 5.74) is 5.71. The van der Waals surface area contributed by atoms with E-state index in [1.165, 1.54) is 32.1 Å². The van der Waals surface area contributed by atoms with Crippen molar-refractivity contribution in [1.82, 2.24) is 9.97 Å². The number of aromatic nitrogens is 2. The summed E-state index contributed by atoms with van der Waals surface area (Å²) in [7, 11) is 0. The summed E-state index contributed by atoms with van der Waals surface area (Å²) in [4.78, 5) is 8.42. The summed E-state index contributed by atoms with van der Waals surface area (Å²) in [5, 5.41) is 3.40. The van der Waals surface area contributed by atoms with Crippen molar-refractivity contribution in [1.29, 1.82) is 0 Å². The lowest BCUT2D eigenvalue weighted by atomic mass is 9.81. The molecular formula is C14H24N4. The Bertz CT molecular complexity index is 363. The normalized spacial score (nSPS) is 23.9. The first-order valence-corrected chi connectivity index (χ1v) is 7.02. The van der Waals surface area contributed by atoms with Gasteiger partial charge in [-0.15, -0.1) is 0 Å². The van der Waals surface area contributed by atoms with Crippen LogP contribution >= 0.6 is 0 Å². The molecule has 18 heavy (non-hydrogen) atoms. The van der Waals surface area contributed by atoms with E-state index in [1.807, 2.05) is 13.0 Å². The largest absolute Gasteiger partial charge is 0.384 e. The molecule has 1 aromatic heterocycles. The van der Waals surface area contributed by atoms with Gasteiger partial charge in [-0.25, -0.2) is 9.97 Å². The molecule has 1 aliphatic carbocycles. The van der Waals surface area contributed by atoms with Crippen LogP contribution in [0.3, 0.4) is 0 Å². The summed E-state index contributed by atoms with van der Waals surface area (Å²) in [6, 6.07) is 1.81. The van der Waals surface area contributed by atoms with E-state index in [9.17, 15) is 0 Å². The second-order valence-corrected chi connectivity index (χ2v) is 5.40. The van der Waals surface area contributed by atoms with Crippen LogP contribution in [0.2, 0.25) is 0 Å². The zero-order valence-electron chi connectivity index (χ0n) is 11.4. The molecule has 3 N–H and O–H groups in total. The lowest BCUT2D eigenvalue weighted by molar-refractivity contribution is 0.278. The highest BCUT2D eigenvalue weighted by molar-refractivity contribution is 5.44. The van der Waals surface area contributed by atoms with Crippen molar-refractivity contribution in [2.24, 2.45) is 11.8 Å². The summed E-state index contributed by atoms with van der Waals surface area (Å²) >= 11 is 0. The van der Waals surface area contributed by atoms with Gasteiger partial charge in [-0.2, -0.15) is 0 Å². The van der Waals surface area contributed by atoms with Crippen LogP contribution in [-0.2, 0) is 0 Å². The summed E-state index contributed by atoms with van der Waals surface area (Å²) in [6.45, 7) is 5.18. The third kappa shape index (κ3) is 3.59. The number of nitrogens with one attached hydrogen (secondary N) is 1. The van der Waals surface area contributed by atoms with E-state index in [4.69, 9.17) is 5.73 Å². The second-order valence-electron chi connectivity index (χ2n) is 5.40. The lowest BCUT2D eigenvalue weighted by Crippen LogP contribution is -2.21. The van der Waals surface area contributed by atoms with Gasteiger partial charge in [0.1, 0.15) is 17.5 Å². The molecule has 1 saturated carbocycles. The predicted molar refractivity (Wildman–Crippen MR) is 75.4 cm³/mol. The second kappa shape index (κ2) is 6.03. The van der Waals surface area contributed by atoms with E-state index in [0.717, 1.165) is 30.0 Å². The SMILES string of the molecule is CCC1CCC(CNc2cc(N)nc(C)n2)CC1. The van der Waals surface area contributed by atoms with E-state index in [2.05, 4.69) is 22.2 Å². The molecule has 0 aromatic carbocycles. The summed E-state index contributed by atoms with van der Waals surface area (Å²) < 4.78 is 0. The van der Waals surface area contributed by atoms with Crippen molar-refractivity contribution in [3.63, 3.8) is 0 Å². The molecule has 0 amide bonds. The highest BCUT2D eigenvalue weighted by Crippen LogP contribution is 2.30. The number of rotatable bonds is 4. The Hall–Kier alpha value is -1.32. The van der Waals surface area contributed by atoms with Crippen molar-refractivity contribution in [2.75, 3.05) is 17.6 Å². The monoisotopic (exact) mass is 248 g/mol. The molecule has 1 aliphatic rings. The minimum Gasteiger partial charge on any atom is -0.384 e. The fourth-order valence-corrected chi connectivity index (χ4v) is 2.77. The molecule has 4 heteroatoms. The van der Waals surface area contributed by atoms with Crippen molar-refractivity contribution in [2.45, 2.75) is 46.0 Å². The van der Waals surface area contributed by atoms with Gasteiger partial charge in [0, 0.05) is 12.6 Å². The summed E-state index contributed by atoms with van der Waals surface area (Å²) in [5.74, 6) is 3.87. The smallest absolute Gasteiger partial charge is 0.131 e.